The second-order valence-electron chi connectivity index (χ2n) is 12.0. The Bertz CT molecular complexity index is 1530. The fraction of sp³-hybridized carbons (Fsp3) is 0.515. The highest BCUT2D eigenvalue weighted by Gasteiger charge is 2.39. The van der Waals surface area contributed by atoms with Crippen LogP contribution in [0.25, 0.3) is 0 Å². The molecule has 48 heavy (non-hydrogen) atoms. The summed E-state index contributed by atoms with van der Waals surface area (Å²) in [6.07, 6.45) is 6.35. The number of fused-ring (bicyclic) bond motifs is 3. The lowest BCUT2D eigenvalue weighted by molar-refractivity contribution is -0.159. The van der Waals surface area contributed by atoms with Crippen molar-refractivity contribution in [3.05, 3.63) is 66.0 Å². The molecule has 0 aromatic carbocycles. The first-order chi connectivity index (χ1) is 22.9. The van der Waals surface area contributed by atoms with Gasteiger partial charge in [0.1, 0.15) is 30.8 Å². The van der Waals surface area contributed by atoms with E-state index in [0.717, 1.165) is 6.26 Å². The molecule has 0 unspecified atom stereocenters. The average molecular weight is 672 g/mol. The number of aryl methyl sites for hydroxylation is 1. The highest BCUT2D eigenvalue weighted by atomic mass is 19.1. The van der Waals surface area contributed by atoms with Crippen molar-refractivity contribution in [2.75, 3.05) is 25.0 Å². The summed E-state index contributed by atoms with van der Waals surface area (Å²) >= 11 is 0. The summed E-state index contributed by atoms with van der Waals surface area (Å²) in [4.78, 5) is 61.5. The van der Waals surface area contributed by atoms with Gasteiger partial charge in [0.25, 0.3) is 5.91 Å². The van der Waals surface area contributed by atoms with E-state index >= 15 is 0 Å². The number of aliphatic hydroxyl groups is 1. The van der Waals surface area contributed by atoms with Crippen molar-refractivity contribution in [2.45, 2.75) is 77.8 Å². The molecule has 2 aromatic rings. The van der Waals surface area contributed by atoms with Gasteiger partial charge in [0, 0.05) is 38.3 Å². The monoisotopic (exact) mass is 671 g/mol. The van der Waals surface area contributed by atoms with Crippen molar-refractivity contribution < 1.29 is 47.0 Å². The van der Waals surface area contributed by atoms with Crippen LogP contribution in [0, 0.1) is 18.8 Å². The topological polar surface area (TPSA) is 186 Å². The van der Waals surface area contributed by atoms with Crippen LogP contribution in [-0.4, -0.2) is 88.0 Å². The number of amides is 3. The molecule has 0 radical (unpaired) electrons. The predicted octanol–water partition coefficient (Wildman–Crippen LogP) is 3.83. The van der Waals surface area contributed by atoms with E-state index in [0.29, 0.717) is 24.3 Å². The second-order valence-corrected chi connectivity index (χ2v) is 12.0. The van der Waals surface area contributed by atoms with E-state index in [2.05, 4.69) is 20.6 Å². The molecule has 3 N–H and O–H groups in total. The van der Waals surface area contributed by atoms with Gasteiger partial charge in [-0.05, 0) is 25.8 Å². The van der Waals surface area contributed by atoms with Gasteiger partial charge in [-0.2, -0.15) is 4.98 Å². The van der Waals surface area contributed by atoms with Gasteiger partial charge in [-0.15, -0.1) is 0 Å². The highest BCUT2D eigenvalue weighted by molar-refractivity contribution is 5.95. The first-order valence-corrected chi connectivity index (χ1v) is 15.8. The lowest BCUT2D eigenvalue weighted by atomic mass is 9.93. The van der Waals surface area contributed by atoms with Crippen molar-refractivity contribution in [1.29, 1.82) is 0 Å². The third kappa shape index (κ3) is 10.4. The number of nitrogens with zero attached hydrogens (tertiary/aromatic N) is 3. The third-order valence-electron chi connectivity index (χ3n) is 7.89. The molecule has 2 aliphatic heterocycles. The van der Waals surface area contributed by atoms with Crippen LogP contribution in [-0.2, 0) is 25.5 Å². The molecule has 2 aromatic heterocycles. The van der Waals surface area contributed by atoms with Gasteiger partial charge in [-0.1, -0.05) is 43.7 Å². The molecule has 2 bridgehead atoms. The lowest BCUT2D eigenvalue weighted by Gasteiger charge is -2.30. The fourth-order valence-electron chi connectivity index (χ4n) is 5.50. The van der Waals surface area contributed by atoms with Crippen LogP contribution in [0.15, 0.2) is 57.3 Å². The zero-order chi connectivity index (χ0) is 34.8. The lowest BCUT2D eigenvalue weighted by Crippen LogP contribution is -2.44. The van der Waals surface area contributed by atoms with E-state index in [1.165, 1.54) is 23.3 Å². The number of cyclic esters (lactones) is 1. The number of carbonyl (C=O) groups is 4. The second kappa shape index (κ2) is 16.9. The Morgan fingerprint density at radius 2 is 2.00 bits per heavy atom. The Balaban J connectivity index is 1.54. The van der Waals surface area contributed by atoms with E-state index < -0.39 is 60.1 Å². The number of aliphatic hydroxyl groups excluding tert-OH is 1. The maximum Gasteiger partial charge on any atom is 0.412 e. The highest BCUT2D eigenvalue weighted by Crippen LogP contribution is 2.26. The molecule has 2 aliphatic rings. The molecule has 260 valence electrons. The summed E-state index contributed by atoms with van der Waals surface area (Å²) in [7, 11) is 0. The molecular weight excluding hydrogens is 629 g/mol. The standard InChI is InChI=1S/C33H42FN5O9/c1-19-7-5-11-35-28(41)10-9-20(2)30(21(3)16-47-33(44)38-27-18-45-22(4)36-27)48-32(43)26-8-6-12-39(26)31(42)25-17-46-29(37-25)15-23(34)14-24(40)13-19/h5,7,9-10,13,17-18,20-21,23-24,26,30,40H,6,8,11-12,14-16H2,1-4H3,(H,35,41)(H,38,44)/b7-5?,10-9+,19-13?/t20-,21+,23-,24-,26-,30+/m1/s1. The number of aromatic nitrogens is 2. The molecule has 4 rings (SSSR count). The number of anilines is 1. The zero-order valence-electron chi connectivity index (χ0n) is 27.4. The Hall–Kier alpha value is -4.79. The molecular formula is C33H42FN5O9. The minimum Gasteiger partial charge on any atom is -0.460 e. The first-order valence-electron chi connectivity index (χ1n) is 15.8. The van der Waals surface area contributed by atoms with Crippen molar-refractivity contribution in [1.82, 2.24) is 20.2 Å². The maximum absolute atomic E-state index is 14.8. The van der Waals surface area contributed by atoms with Crippen molar-refractivity contribution in [3.8, 4) is 0 Å². The summed E-state index contributed by atoms with van der Waals surface area (Å²) in [5.74, 6) is -2.16. The number of oxazole rings is 2. The number of ether oxygens (including phenoxy) is 2. The fourth-order valence-corrected chi connectivity index (χ4v) is 5.50. The van der Waals surface area contributed by atoms with Crippen LogP contribution in [0.4, 0.5) is 15.0 Å². The number of halogens is 1. The van der Waals surface area contributed by atoms with Crippen LogP contribution < -0.4 is 10.6 Å². The SMILES string of the molecule is CC1=C[C@@H](O)C[C@@H](F)Cc2nc(co2)C(=O)N2CCC[C@@H]2C(=O)O[C@H]([C@@H](C)COC(=O)Nc2coc(C)n2)[C@H](C)/C=C/C(=O)NCC=C1. The van der Waals surface area contributed by atoms with Gasteiger partial charge in [0.05, 0.1) is 19.1 Å². The van der Waals surface area contributed by atoms with Crippen molar-refractivity contribution >= 4 is 29.7 Å². The molecule has 4 heterocycles. The molecule has 1 fully saturated rings. The van der Waals surface area contributed by atoms with Crippen LogP contribution in [0.3, 0.4) is 0 Å². The van der Waals surface area contributed by atoms with E-state index in [4.69, 9.17) is 18.3 Å². The Kier molecular flexibility index (Phi) is 12.7. The summed E-state index contributed by atoms with van der Waals surface area (Å²) < 4.78 is 36.6. The predicted molar refractivity (Wildman–Crippen MR) is 169 cm³/mol. The number of hydrogen-bond donors (Lipinski definition) is 3. The Morgan fingerprint density at radius 1 is 1.21 bits per heavy atom. The molecule has 6 atom stereocenters. The molecule has 15 heteroatoms. The first kappa shape index (κ1) is 36.1. The summed E-state index contributed by atoms with van der Waals surface area (Å²) in [6.45, 7) is 7.14. The van der Waals surface area contributed by atoms with Gasteiger partial charge in [-0.25, -0.2) is 19.0 Å². The van der Waals surface area contributed by atoms with Gasteiger partial charge in [-0.3, -0.25) is 14.9 Å². The van der Waals surface area contributed by atoms with Gasteiger partial charge in [0.15, 0.2) is 23.3 Å². The Morgan fingerprint density at radius 3 is 2.75 bits per heavy atom. The van der Waals surface area contributed by atoms with Crippen molar-refractivity contribution in [2.24, 2.45) is 11.8 Å². The summed E-state index contributed by atoms with van der Waals surface area (Å²) in [5, 5.41) is 15.5. The number of allylic oxidation sites excluding steroid dienone is 2. The summed E-state index contributed by atoms with van der Waals surface area (Å²) in [5.41, 5.74) is 0.590. The quantitative estimate of drug-likeness (QED) is 0.401. The maximum atomic E-state index is 14.8. The molecule has 0 spiro atoms. The number of carbonyl (C=O) groups excluding carboxylic acids is 4. The Labute approximate surface area is 277 Å². The van der Waals surface area contributed by atoms with E-state index in [-0.39, 0.29) is 49.9 Å². The van der Waals surface area contributed by atoms with E-state index in [1.54, 1.807) is 45.9 Å². The van der Waals surface area contributed by atoms with E-state index in [1.807, 2.05) is 0 Å². The van der Waals surface area contributed by atoms with Crippen LogP contribution in [0.1, 0.15) is 62.3 Å². The van der Waals surface area contributed by atoms with Gasteiger partial charge < -0.3 is 33.6 Å². The average Bonchev–Trinajstić information content (AvgIpc) is 3.80. The van der Waals surface area contributed by atoms with E-state index in [9.17, 15) is 28.7 Å². The van der Waals surface area contributed by atoms with Crippen LogP contribution >= 0.6 is 0 Å². The molecule has 0 saturated carbocycles. The number of rotatable bonds is 4. The van der Waals surface area contributed by atoms with Crippen LogP contribution in [0.5, 0.6) is 0 Å². The molecule has 0 aliphatic carbocycles. The minimum absolute atomic E-state index is 0.0108. The third-order valence-corrected chi connectivity index (χ3v) is 7.89. The van der Waals surface area contributed by atoms with Gasteiger partial charge >= 0.3 is 12.1 Å². The zero-order valence-corrected chi connectivity index (χ0v) is 27.4. The summed E-state index contributed by atoms with van der Waals surface area (Å²) in [6, 6.07) is -0.932. The number of hydrogen-bond acceptors (Lipinski definition) is 11. The molecule has 1 saturated heterocycles. The normalized spacial score (nSPS) is 26.1. The number of alkyl halides is 1. The molecule has 14 nitrogen and oxygen atoms in total. The van der Waals surface area contributed by atoms with Crippen molar-refractivity contribution in [3.63, 3.8) is 0 Å². The molecule has 3 amide bonds. The number of nitrogens with one attached hydrogen (secondary N) is 2. The minimum atomic E-state index is -1.50. The largest absolute Gasteiger partial charge is 0.460 e. The smallest absolute Gasteiger partial charge is 0.412 e. The van der Waals surface area contributed by atoms with Gasteiger partial charge in [0.2, 0.25) is 5.91 Å². The van der Waals surface area contributed by atoms with Crippen LogP contribution in [0.2, 0.25) is 0 Å². The number of esters is 1.